The highest BCUT2D eigenvalue weighted by molar-refractivity contribution is 14.0. The highest BCUT2D eigenvalue weighted by atomic mass is 127. The van der Waals surface area contributed by atoms with Crippen molar-refractivity contribution in [2.75, 3.05) is 26.8 Å². The minimum absolute atomic E-state index is 0. The minimum Gasteiger partial charge on any atom is -0.381 e. The number of halogens is 1. The van der Waals surface area contributed by atoms with Gasteiger partial charge < -0.3 is 19.9 Å². The number of ether oxygens (including phenoxy) is 1. The van der Waals surface area contributed by atoms with Crippen LogP contribution in [0.25, 0.3) is 0 Å². The maximum atomic E-state index is 5.71. The third kappa shape index (κ3) is 9.62. The van der Waals surface area contributed by atoms with Gasteiger partial charge in [-0.3, -0.25) is 4.99 Å². The van der Waals surface area contributed by atoms with Crippen LogP contribution < -0.4 is 10.6 Å². The molecule has 2 aromatic rings. The summed E-state index contributed by atoms with van der Waals surface area (Å²) in [5.41, 5.74) is 2.35. The van der Waals surface area contributed by atoms with Gasteiger partial charge in [0.15, 0.2) is 11.7 Å². The third-order valence-electron chi connectivity index (χ3n) is 4.77. The molecule has 0 aliphatic rings. The molecule has 1 aromatic heterocycles. The Morgan fingerprint density at radius 3 is 2.59 bits per heavy atom. The topological polar surface area (TPSA) is 71.7 Å². The molecule has 0 amide bonds. The molecule has 0 fully saturated rings. The molecule has 0 radical (unpaired) electrons. The van der Waals surface area contributed by atoms with Gasteiger partial charge in [-0.05, 0) is 31.2 Å². The van der Waals surface area contributed by atoms with Crippen molar-refractivity contribution in [2.45, 2.75) is 52.0 Å². The second-order valence-electron chi connectivity index (χ2n) is 6.79. The molecule has 0 atom stereocenters. The van der Waals surface area contributed by atoms with Crippen LogP contribution in [0.3, 0.4) is 0 Å². The van der Waals surface area contributed by atoms with Crippen LogP contribution in [0.5, 0.6) is 0 Å². The first kappa shape index (κ1) is 25.4. The summed E-state index contributed by atoms with van der Waals surface area (Å²) in [6, 6.07) is 12.4. The number of aromatic nitrogens is 1. The van der Waals surface area contributed by atoms with E-state index in [-0.39, 0.29) is 24.0 Å². The predicted octanol–water partition coefficient (Wildman–Crippen LogP) is 4.51. The van der Waals surface area contributed by atoms with Crippen molar-refractivity contribution in [3.63, 3.8) is 0 Å². The fourth-order valence-electron chi connectivity index (χ4n) is 3.02. The number of rotatable bonds is 12. The lowest BCUT2D eigenvalue weighted by atomic mass is 9.99. The van der Waals surface area contributed by atoms with Gasteiger partial charge in [0, 0.05) is 32.2 Å². The van der Waals surface area contributed by atoms with E-state index in [2.05, 4.69) is 58.9 Å². The first-order valence-electron chi connectivity index (χ1n) is 10.3. The van der Waals surface area contributed by atoms with Crippen LogP contribution in [0.1, 0.15) is 56.0 Å². The van der Waals surface area contributed by atoms with Crippen molar-refractivity contribution in [2.24, 2.45) is 4.99 Å². The Morgan fingerprint density at radius 1 is 1.14 bits per heavy atom. The number of hydrogen-bond acceptors (Lipinski definition) is 4. The van der Waals surface area contributed by atoms with E-state index in [4.69, 9.17) is 9.26 Å². The zero-order valence-corrected chi connectivity index (χ0v) is 20.1. The van der Waals surface area contributed by atoms with E-state index in [1.54, 1.807) is 7.05 Å². The highest BCUT2D eigenvalue weighted by Crippen LogP contribution is 2.22. The van der Waals surface area contributed by atoms with Gasteiger partial charge >= 0.3 is 0 Å². The van der Waals surface area contributed by atoms with E-state index < -0.39 is 0 Å². The second kappa shape index (κ2) is 15.3. The lowest BCUT2D eigenvalue weighted by Crippen LogP contribution is -2.37. The van der Waals surface area contributed by atoms with Crippen molar-refractivity contribution in [1.82, 2.24) is 15.8 Å². The Balaban J connectivity index is 0.00000420. The first-order valence-corrected chi connectivity index (χ1v) is 10.3. The number of hydrogen-bond donors (Lipinski definition) is 2. The summed E-state index contributed by atoms with van der Waals surface area (Å²) in [6.45, 7) is 7.22. The van der Waals surface area contributed by atoms with Gasteiger partial charge in [0.1, 0.15) is 0 Å². The van der Waals surface area contributed by atoms with Crippen molar-refractivity contribution in [1.29, 1.82) is 0 Å². The van der Waals surface area contributed by atoms with E-state index in [0.717, 1.165) is 62.9 Å². The van der Waals surface area contributed by atoms with Gasteiger partial charge in [-0.1, -0.05) is 49.3 Å². The molecule has 0 spiro atoms. The Labute approximate surface area is 191 Å². The minimum atomic E-state index is 0. The number of benzene rings is 1. The lowest BCUT2D eigenvalue weighted by Gasteiger charge is -2.11. The quantitative estimate of drug-likeness (QED) is 0.189. The van der Waals surface area contributed by atoms with Crippen molar-refractivity contribution < 1.29 is 9.26 Å². The Morgan fingerprint density at radius 2 is 1.90 bits per heavy atom. The summed E-state index contributed by atoms with van der Waals surface area (Å²) in [5.74, 6) is 2.05. The molecule has 2 rings (SSSR count). The SMILES string of the molecule is CCC(CC)c1cc(CNC(=NC)NCCCOCCc2ccccc2)on1.I. The van der Waals surface area contributed by atoms with Crippen LogP contribution in [0, 0.1) is 0 Å². The summed E-state index contributed by atoms with van der Waals surface area (Å²) in [7, 11) is 1.77. The van der Waals surface area contributed by atoms with Crippen LogP contribution >= 0.6 is 24.0 Å². The molecule has 162 valence electrons. The molecule has 0 saturated carbocycles. The Kier molecular flexibility index (Phi) is 13.4. The second-order valence-corrected chi connectivity index (χ2v) is 6.79. The molecule has 0 bridgehead atoms. The van der Waals surface area contributed by atoms with Gasteiger partial charge in [-0.15, -0.1) is 24.0 Å². The van der Waals surface area contributed by atoms with Crippen LogP contribution in [0.4, 0.5) is 0 Å². The van der Waals surface area contributed by atoms with Crippen molar-refractivity contribution >= 4 is 29.9 Å². The Bertz CT molecular complexity index is 687. The zero-order valence-electron chi connectivity index (χ0n) is 17.8. The number of nitrogens with one attached hydrogen (secondary N) is 2. The Hall–Kier alpha value is -1.61. The van der Waals surface area contributed by atoms with Gasteiger partial charge in [0.2, 0.25) is 0 Å². The molecule has 1 aromatic carbocycles. The first-order chi connectivity index (χ1) is 13.8. The molecule has 2 N–H and O–H groups in total. The van der Waals surface area contributed by atoms with Crippen LogP contribution in [0.2, 0.25) is 0 Å². The summed E-state index contributed by atoms with van der Waals surface area (Å²) in [4.78, 5) is 4.24. The van der Waals surface area contributed by atoms with Gasteiger partial charge in [-0.25, -0.2) is 0 Å². The number of guanidine groups is 1. The van der Waals surface area contributed by atoms with Crippen molar-refractivity contribution in [3.05, 3.63) is 53.4 Å². The number of aliphatic imine (C=N–C) groups is 1. The molecular weight excluding hydrogens is 479 g/mol. The fourth-order valence-corrected chi connectivity index (χ4v) is 3.02. The lowest BCUT2D eigenvalue weighted by molar-refractivity contribution is 0.135. The molecule has 7 heteroatoms. The van der Waals surface area contributed by atoms with Gasteiger partial charge in [0.25, 0.3) is 0 Å². The van der Waals surface area contributed by atoms with Gasteiger partial charge in [0.05, 0.1) is 18.8 Å². The zero-order chi connectivity index (χ0) is 20.0. The smallest absolute Gasteiger partial charge is 0.191 e. The summed E-state index contributed by atoms with van der Waals surface area (Å²) in [5, 5.41) is 10.8. The van der Waals surface area contributed by atoms with Crippen LogP contribution in [0.15, 0.2) is 45.9 Å². The van der Waals surface area contributed by atoms with Crippen LogP contribution in [-0.2, 0) is 17.7 Å². The van der Waals surface area contributed by atoms with E-state index in [0.29, 0.717) is 12.5 Å². The summed E-state index contributed by atoms with van der Waals surface area (Å²) < 4.78 is 11.1. The van der Waals surface area contributed by atoms with Gasteiger partial charge in [-0.2, -0.15) is 0 Å². The third-order valence-corrected chi connectivity index (χ3v) is 4.77. The molecule has 0 aliphatic heterocycles. The molecule has 1 heterocycles. The predicted molar refractivity (Wildman–Crippen MR) is 129 cm³/mol. The molecule has 6 nitrogen and oxygen atoms in total. The molecule has 0 saturated heterocycles. The normalized spacial score (nSPS) is 11.4. The summed E-state index contributed by atoms with van der Waals surface area (Å²) >= 11 is 0. The maximum Gasteiger partial charge on any atom is 0.191 e. The fraction of sp³-hybridized carbons (Fsp3) is 0.545. The van der Waals surface area contributed by atoms with E-state index in [9.17, 15) is 0 Å². The average molecular weight is 514 g/mol. The van der Waals surface area contributed by atoms with E-state index >= 15 is 0 Å². The molecular formula is C22H35IN4O2. The van der Waals surface area contributed by atoms with Crippen LogP contribution in [-0.4, -0.2) is 37.9 Å². The summed E-state index contributed by atoms with van der Waals surface area (Å²) in [6.07, 6.45) is 4.03. The maximum absolute atomic E-state index is 5.71. The molecule has 0 unspecified atom stereocenters. The highest BCUT2D eigenvalue weighted by Gasteiger charge is 2.13. The van der Waals surface area contributed by atoms with Crippen molar-refractivity contribution in [3.8, 4) is 0 Å². The molecule has 29 heavy (non-hydrogen) atoms. The standard InChI is InChI=1S/C22H34N4O2.HI/c1-4-19(5-2)21-16-20(28-26-21)17-25-22(23-3)24-13-9-14-27-15-12-18-10-7-6-8-11-18;/h6-8,10-11,16,19H,4-5,9,12-15,17H2,1-3H3,(H2,23,24,25);1H. The van der Waals surface area contributed by atoms with E-state index in [1.807, 2.05) is 12.1 Å². The number of nitrogens with zero attached hydrogens (tertiary/aromatic N) is 2. The average Bonchev–Trinajstić information content (AvgIpc) is 3.20. The largest absolute Gasteiger partial charge is 0.381 e. The van der Waals surface area contributed by atoms with E-state index in [1.165, 1.54) is 5.56 Å². The molecule has 0 aliphatic carbocycles. The monoisotopic (exact) mass is 514 g/mol.